The molecule has 1 atom stereocenters. The lowest BCUT2D eigenvalue weighted by Crippen LogP contribution is -2.24. The van der Waals surface area contributed by atoms with Gasteiger partial charge >= 0.3 is 0 Å². The van der Waals surface area contributed by atoms with Gasteiger partial charge in [0.2, 0.25) is 0 Å². The molecule has 0 amide bonds. The van der Waals surface area contributed by atoms with Crippen molar-refractivity contribution in [3.8, 4) is 0 Å². The molecule has 1 unspecified atom stereocenters. The molecule has 0 saturated heterocycles. The van der Waals surface area contributed by atoms with Gasteiger partial charge in [0.1, 0.15) is 17.4 Å². The Kier molecular flexibility index (Phi) is 4.32. The van der Waals surface area contributed by atoms with Crippen molar-refractivity contribution in [1.82, 2.24) is 5.32 Å². The Morgan fingerprint density at radius 3 is 2.68 bits per heavy atom. The van der Waals surface area contributed by atoms with Crippen LogP contribution in [0.25, 0.3) is 0 Å². The molecule has 19 heavy (non-hydrogen) atoms. The predicted molar refractivity (Wildman–Crippen MR) is 69.9 cm³/mol. The Balaban J connectivity index is 2.30. The van der Waals surface area contributed by atoms with Gasteiger partial charge in [-0.05, 0) is 37.2 Å². The molecule has 2 rings (SSSR count). The number of rotatable bonds is 5. The maximum Gasteiger partial charge on any atom is 0.130 e. The van der Waals surface area contributed by atoms with Gasteiger partial charge in [0, 0.05) is 24.1 Å². The summed E-state index contributed by atoms with van der Waals surface area (Å²) in [7, 11) is 0. The molecule has 2 nitrogen and oxygen atoms in total. The number of furan rings is 1. The van der Waals surface area contributed by atoms with Crippen LogP contribution in [0.1, 0.15) is 29.9 Å². The summed E-state index contributed by atoms with van der Waals surface area (Å²) in [4.78, 5) is 0. The number of hydrogen-bond acceptors (Lipinski definition) is 2. The van der Waals surface area contributed by atoms with Crippen LogP contribution < -0.4 is 5.32 Å². The zero-order valence-electron chi connectivity index (χ0n) is 11.0. The van der Waals surface area contributed by atoms with Crippen molar-refractivity contribution in [1.29, 1.82) is 0 Å². The lowest BCUT2D eigenvalue weighted by Gasteiger charge is -2.18. The Labute approximate surface area is 111 Å². The SMILES string of the molecule is CCNC(Cc1ccco1)c1cc(C)c(F)cc1F. The Morgan fingerprint density at radius 1 is 1.26 bits per heavy atom. The van der Waals surface area contributed by atoms with E-state index < -0.39 is 11.6 Å². The highest BCUT2D eigenvalue weighted by molar-refractivity contribution is 5.29. The summed E-state index contributed by atoms with van der Waals surface area (Å²) in [6.07, 6.45) is 2.12. The molecule has 0 bridgehead atoms. The molecule has 0 aliphatic rings. The first-order valence-electron chi connectivity index (χ1n) is 6.33. The van der Waals surface area contributed by atoms with Crippen LogP contribution in [0, 0.1) is 18.6 Å². The van der Waals surface area contributed by atoms with E-state index in [1.165, 1.54) is 0 Å². The molecule has 0 fully saturated rings. The number of aryl methyl sites for hydroxylation is 1. The molecule has 102 valence electrons. The maximum absolute atomic E-state index is 13.9. The fraction of sp³-hybridized carbons (Fsp3) is 0.333. The van der Waals surface area contributed by atoms with E-state index in [-0.39, 0.29) is 6.04 Å². The van der Waals surface area contributed by atoms with Crippen molar-refractivity contribution in [2.45, 2.75) is 26.3 Å². The van der Waals surface area contributed by atoms with Gasteiger partial charge in [-0.1, -0.05) is 6.92 Å². The van der Waals surface area contributed by atoms with Gasteiger partial charge < -0.3 is 9.73 Å². The summed E-state index contributed by atoms with van der Waals surface area (Å²) >= 11 is 0. The van der Waals surface area contributed by atoms with Crippen LogP contribution in [-0.2, 0) is 6.42 Å². The van der Waals surface area contributed by atoms with Crippen LogP contribution in [0.3, 0.4) is 0 Å². The smallest absolute Gasteiger partial charge is 0.130 e. The van der Waals surface area contributed by atoms with Gasteiger partial charge in [-0.15, -0.1) is 0 Å². The molecule has 1 aromatic carbocycles. The van der Waals surface area contributed by atoms with Gasteiger partial charge in [-0.25, -0.2) is 8.78 Å². The third-order valence-electron chi connectivity index (χ3n) is 3.09. The molecule has 0 aliphatic carbocycles. The monoisotopic (exact) mass is 265 g/mol. The third-order valence-corrected chi connectivity index (χ3v) is 3.09. The van der Waals surface area contributed by atoms with Crippen molar-refractivity contribution in [2.75, 3.05) is 6.54 Å². The van der Waals surface area contributed by atoms with Crippen molar-refractivity contribution in [2.24, 2.45) is 0 Å². The van der Waals surface area contributed by atoms with Gasteiger partial charge in [0.15, 0.2) is 0 Å². The standard InChI is InChI=1S/C15H17F2NO/c1-3-18-15(8-11-5-4-6-19-11)12-7-10(2)13(16)9-14(12)17/h4-7,9,15,18H,3,8H2,1-2H3. The fourth-order valence-corrected chi connectivity index (χ4v) is 2.11. The first-order valence-corrected chi connectivity index (χ1v) is 6.33. The molecule has 0 spiro atoms. The summed E-state index contributed by atoms with van der Waals surface area (Å²) in [5.74, 6) is -0.276. The van der Waals surface area contributed by atoms with E-state index in [0.717, 1.165) is 11.8 Å². The zero-order chi connectivity index (χ0) is 13.8. The second-order valence-electron chi connectivity index (χ2n) is 4.52. The average Bonchev–Trinajstić information content (AvgIpc) is 2.86. The lowest BCUT2D eigenvalue weighted by atomic mass is 9.99. The molecule has 2 aromatic rings. The molecular formula is C15H17F2NO. The average molecular weight is 265 g/mol. The topological polar surface area (TPSA) is 25.2 Å². The molecule has 4 heteroatoms. The Morgan fingerprint density at radius 2 is 2.05 bits per heavy atom. The van der Waals surface area contributed by atoms with E-state index in [1.54, 1.807) is 25.3 Å². The van der Waals surface area contributed by atoms with Gasteiger partial charge in [0.25, 0.3) is 0 Å². The minimum atomic E-state index is -0.527. The van der Waals surface area contributed by atoms with E-state index in [9.17, 15) is 8.78 Å². The number of likely N-dealkylation sites (N-methyl/N-ethyl adjacent to an activating group) is 1. The van der Waals surface area contributed by atoms with E-state index in [0.29, 0.717) is 24.1 Å². The van der Waals surface area contributed by atoms with Crippen molar-refractivity contribution >= 4 is 0 Å². The second kappa shape index (κ2) is 5.97. The normalized spacial score (nSPS) is 12.6. The number of hydrogen-bond donors (Lipinski definition) is 1. The van der Waals surface area contributed by atoms with Crippen LogP contribution in [-0.4, -0.2) is 6.54 Å². The molecule has 0 saturated carbocycles. The van der Waals surface area contributed by atoms with Gasteiger partial charge in [-0.2, -0.15) is 0 Å². The summed E-state index contributed by atoms with van der Waals surface area (Å²) in [6, 6.07) is 5.91. The summed E-state index contributed by atoms with van der Waals surface area (Å²) in [5.41, 5.74) is 0.913. The van der Waals surface area contributed by atoms with E-state index >= 15 is 0 Å². The number of nitrogens with one attached hydrogen (secondary N) is 1. The van der Waals surface area contributed by atoms with Gasteiger partial charge in [0.05, 0.1) is 6.26 Å². The van der Waals surface area contributed by atoms with Crippen LogP contribution in [0.15, 0.2) is 34.9 Å². The van der Waals surface area contributed by atoms with Crippen LogP contribution in [0.2, 0.25) is 0 Å². The third kappa shape index (κ3) is 3.20. The zero-order valence-corrected chi connectivity index (χ0v) is 11.0. The van der Waals surface area contributed by atoms with Crippen LogP contribution in [0.4, 0.5) is 8.78 Å². The summed E-state index contributed by atoms with van der Waals surface area (Å²) in [6.45, 7) is 4.28. The van der Waals surface area contributed by atoms with E-state index in [4.69, 9.17) is 4.42 Å². The predicted octanol–water partition coefficient (Wildman–Crippen LogP) is 3.76. The maximum atomic E-state index is 13.9. The van der Waals surface area contributed by atoms with Gasteiger partial charge in [-0.3, -0.25) is 0 Å². The van der Waals surface area contributed by atoms with Crippen LogP contribution in [0.5, 0.6) is 0 Å². The van der Waals surface area contributed by atoms with E-state index in [1.807, 2.05) is 13.0 Å². The Hall–Kier alpha value is -1.68. The van der Waals surface area contributed by atoms with Crippen molar-refractivity contribution in [3.05, 3.63) is 59.1 Å². The second-order valence-corrected chi connectivity index (χ2v) is 4.52. The first-order chi connectivity index (χ1) is 9.11. The Bertz CT molecular complexity index is 537. The summed E-state index contributed by atoms with van der Waals surface area (Å²) < 4.78 is 32.5. The molecule has 0 aliphatic heterocycles. The molecule has 0 radical (unpaired) electrons. The lowest BCUT2D eigenvalue weighted by molar-refractivity contribution is 0.442. The van der Waals surface area contributed by atoms with Crippen molar-refractivity contribution in [3.63, 3.8) is 0 Å². The highest BCUT2D eigenvalue weighted by Crippen LogP contribution is 2.24. The highest BCUT2D eigenvalue weighted by Gasteiger charge is 2.18. The minimum Gasteiger partial charge on any atom is -0.469 e. The number of halogens is 2. The quantitative estimate of drug-likeness (QED) is 0.890. The molecule has 1 N–H and O–H groups in total. The van der Waals surface area contributed by atoms with Crippen molar-refractivity contribution < 1.29 is 13.2 Å². The highest BCUT2D eigenvalue weighted by atomic mass is 19.1. The molecule has 1 aromatic heterocycles. The van der Waals surface area contributed by atoms with Crippen LogP contribution >= 0.6 is 0 Å². The fourth-order valence-electron chi connectivity index (χ4n) is 2.11. The largest absolute Gasteiger partial charge is 0.469 e. The number of benzene rings is 1. The minimum absolute atomic E-state index is 0.226. The van der Waals surface area contributed by atoms with E-state index in [2.05, 4.69) is 5.32 Å². The first kappa shape index (κ1) is 13.7. The summed E-state index contributed by atoms with van der Waals surface area (Å²) in [5, 5.41) is 3.20. The molecular weight excluding hydrogens is 248 g/mol. The molecule has 1 heterocycles.